The van der Waals surface area contributed by atoms with Gasteiger partial charge in [0.2, 0.25) is 11.8 Å². The maximum absolute atomic E-state index is 12.8. The molecule has 1 N–H and O–H groups in total. The first-order valence-corrected chi connectivity index (χ1v) is 8.60. The molecular formula is C18H23F3N2O3. The minimum absolute atomic E-state index is 0.0663. The lowest BCUT2D eigenvalue weighted by atomic mass is 10.1. The summed E-state index contributed by atoms with van der Waals surface area (Å²) in [6, 6.07) is 4.90. The number of carbonyl (C=O) groups is 2. The van der Waals surface area contributed by atoms with Crippen molar-refractivity contribution in [1.82, 2.24) is 10.2 Å². The summed E-state index contributed by atoms with van der Waals surface area (Å²) in [5.74, 6) is -0.904. The molecular weight excluding hydrogens is 349 g/mol. The second-order valence-corrected chi connectivity index (χ2v) is 6.21. The number of amides is 2. The lowest BCUT2D eigenvalue weighted by molar-refractivity contribution is -0.137. The number of likely N-dealkylation sites (tertiary alicyclic amines) is 1. The predicted octanol–water partition coefficient (Wildman–Crippen LogP) is 2.60. The van der Waals surface area contributed by atoms with Crippen molar-refractivity contribution in [2.75, 3.05) is 26.3 Å². The van der Waals surface area contributed by atoms with Crippen LogP contribution in [0.5, 0.6) is 0 Å². The second-order valence-electron chi connectivity index (χ2n) is 6.21. The van der Waals surface area contributed by atoms with Gasteiger partial charge in [0.15, 0.2) is 0 Å². The van der Waals surface area contributed by atoms with Crippen LogP contribution >= 0.6 is 0 Å². The first-order chi connectivity index (χ1) is 12.3. The van der Waals surface area contributed by atoms with Gasteiger partial charge in [0.05, 0.1) is 11.5 Å². The van der Waals surface area contributed by atoms with Crippen molar-refractivity contribution in [1.29, 1.82) is 0 Å². The molecule has 0 unspecified atom stereocenters. The molecule has 0 saturated carbocycles. The smallest absolute Gasteiger partial charge is 0.382 e. The first-order valence-electron chi connectivity index (χ1n) is 8.60. The van der Waals surface area contributed by atoms with Gasteiger partial charge in [-0.3, -0.25) is 9.59 Å². The summed E-state index contributed by atoms with van der Waals surface area (Å²) in [6.07, 6.45) is -3.65. The molecule has 0 aromatic heterocycles. The summed E-state index contributed by atoms with van der Waals surface area (Å²) < 4.78 is 43.5. The number of nitrogens with one attached hydrogen (secondary N) is 1. The Labute approximate surface area is 150 Å². The molecule has 1 heterocycles. The molecule has 144 valence electrons. The van der Waals surface area contributed by atoms with Crippen molar-refractivity contribution in [2.24, 2.45) is 5.92 Å². The number of nitrogens with zero attached hydrogens (tertiary/aromatic N) is 1. The van der Waals surface area contributed by atoms with Crippen LogP contribution in [0.1, 0.15) is 30.9 Å². The number of hydrogen-bond donors (Lipinski definition) is 1. The quantitative estimate of drug-likeness (QED) is 0.714. The van der Waals surface area contributed by atoms with Crippen LogP contribution in [0, 0.1) is 5.92 Å². The highest BCUT2D eigenvalue weighted by Crippen LogP contribution is 2.30. The largest absolute Gasteiger partial charge is 0.416 e. The van der Waals surface area contributed by atoms with Crippen molar-refractivity contribution in [3.8, 4) is 0 Å². The Balaban J connectivity index is 1.87. The van der Waals surface area contributed by atoms with Crippen molar-refractivity contribution >= 4 is 11.8 Å². The Hall–Kier alpha value is -2.09. The monoisotopic (exact) mass is 372 g/mol. The second kappa shape index (κ2) is 9.02. The van der Waals surface area contributed by atoms with Gasteiger partial charge in [-0.1, -0.05) is 12.1 Å². The molecule has 0 aliphatic carbocycles. The fourth-order valence-corrected chi connectivity index (χ4v) is 2.84. The SMILES string of the molecule is CCOCCCNC(=O)[C@@H]1CC(=O)N(Cc2cccc(C(F)(F)F)c2)C1. The van der Waals surface area contributed by atoms with Crippen LogP contribution < -0.4 is 5.32 Å². The van der Waals surface area contributed by atoms with E-state index in [0.29, 0.717) is 31.7 Å². The number of alkyl halides is 3. The van der Waals surface area contributed by atoms with Crippen LogP contribution in [0.3, 0.4) is 0 Å². The molecule has 2 amide bonds. The predicted molar refractivity (Wildman–Crippen MR) is 89.1 cm³/mol. The van der Waals surface area contributed by atoms with Gasteiger partial charge in [0.25, 0.3) is 0 Å². The number of carbonyl (C=O) groups excluding carboxylic acids is 2. The molecule has 1 aliphatic rings. The van der Waals surface area contributed by atoms with Gasteiger partial charge in [-0.2, -0.15) is 13.2 Å². The van der Waals surface area contributed by atoms with Crippen molar-refractivity contribution in [2.45, 2.75) is 32.5 Å². The molecule has 8 heteroatoms. The molecule has 0 radical (unpaired) electrons. The number of rotatable bonds is 8. The van der Waals surface area contributed by atoms with E-state index < -0.39 is 17.7 Å². The standard InChI is InChI=1S/C18H23F3N2O3/c1-2-26-8-4-7-22-17(25)14-10-16(24)23(12-14)11-13-5-3-6-15(9-13)18(19,20)21/h3,5-6,9,14H,2,4,7-8,10-12H2,1H3,(H,22,25)/t14-/m1/s1. The minimum Gasteiger partial charge on any atom is -0.382 e. The molecule has 1 aromatic rings. The third-order valence-corrected chi connectivity index (χ3v) is 4.18. The summed E-state index contributed by atoms with van der Waals surface area (Å²) in [6.45, 7) is 3.82. The van der Waals surface area contributed by atoms with Crippen molar-refractivity contribution in [3.05, 3.63) is 35.4 Å². The Kier molecular flexibility index (Phi) is 7.02. The maximum Gasteiger partial charge on any atom is 0.416 e. The minimum atomic E-state index is -4.42. The molecule has 2 rings (SSSR count). The fraction of sp³-hybridized carbons (Fsp3) is 0.556. The molecule has 0 bridgehead atoms. The van der Waals surface area contributed by atoms with Crippen LogP contribution in [0.2, 0.25) is 0 Å². The Bertz CT molecular complexity index is 634. The topological polar surface area (TPSA) is 58.6 Å². The average molecular weight is 372 g/mol. The normalized spacial score (nSPS) is 17.6. The van der Waals surface area contributed by atoms with Crippen LogP contribution in [0.15, 0.2) is 24.3 Å². The highest BCUT2D eigenvalue weighted by molar-refractivity contribution is 5.89. The Morgan fingerprint density at radius 1 is 1.38 bits per heavy atom. The zero-order valence-electron chi connectivity index (χ0n) is 14.6. The van der Waals surface area contributed by atoms with E-state index in [1.807, 2.05) is 6.92 Å². The van der Waals surface area contributed by atoms with E-state index in [-0.39, 0.29) is 31.3 Å². The number of ether oxygens (including phenoxy) is 1. The Morgan fingerprint density at radius 3 is 2.85 bits per heavy atom. The zero-order chi connectivity index (χ0) is 19.2. The molecule has 1 aliphatic heterocycles. The summed E-state index contributed by atoms with van der Waals surface area (Å²) in [7, 11) is 0. The molecule has 1 aromatic carbocycles. The molecule has 1 atom stereocenters. The number of benzene rings is 1. The van der Waals surface area contributed by atoms with E-state index in [4.69, 9.17) is 4.74 Å². The molecule has 26 heavy (non-hydrogen) atoms. The lowest BCUT2D eigenvalue weighted by Gasteiger charge is -2.17. The highest BCUT2D eigenvalue weighted by atomic mass is 19.4. The van der Waals surface area contributed by atoms with Crippen molar-refractivity contribution < 1.29 is 27.5 Å². The van der Waals surface area contributed by atoms with E-state index in [2.05, 4.69) is 5.32 Å². The van der Waals surface area contributed by atoms with Crippen LogP contribution in [0.25, 0.3) is 0 Å². The summed E-state index contributed by atoms with van der Waals surface area (Å²) in [4.78, 5) is 25.7. The fourth-order valence-electron chi connectivity index (χ4n) is 2.84. The summed E-state index contributed by atoms with van der Waals surface area (Å²) in [5, 5.41) is 2.77. The van der Waals surface area contributed by atoms with E-state index in [1.54, 1.807) is 6.07 Å². The zero-order valence-corrected chi connectivity index (χ0v) is 14.6. The summed E-state index contributed by atoms with van der Waals surface area (Å²) in [5.41, 5.74) is -0.351. The molecule has 1 saturated heterocycles. The average Bonchev–Trinajstić information content (AvgIpc) is 2.95. The maximum atomic E-state index is 12.8. The van der Waals surface area contributed by atoms with Crippen LogP contribution in [0.4, 0.5) is 13.2 Å². The van der Waals surface area contributed by atoms with Gasteiger partial charge in [0.1, 0.15) is 0 Å². The van der Waals surface area contributed by atoms with Gasteiger partial charge in [-0.05, 0) is 31.0 Å². The van der Waals surface area contributed by atoms with Gasteiger partial charge in [-0.15, -0.1) is 0 Å². The van der Waals surface area contributed by atoms with E-state index in [9.17, 15) is 22.8 Å². The Morgan fingerprint density at radius 2 is 2.15 bits per heavy atom. The number of hydrogen-bond acceptors (Lipinski definition) is 3. The first kappa shape index (κ1) is 20.2. The van der Waals surface area contributed by atoms with Gasteiger partial charge >= 0.3 is 6.18 Å². The van der Waals surface area contributed by atoms with Crippen LogP contribution in [-0.2, 0) is 27.0 Å². The van der Waals surface area contributed by atoms with Crippen molar-refractivity contribution in [3.63, 3.8) is 0 Å². The van der Waals surface area contributed by atoms with E-state index in [1.165, 1.54) is 11.0 Å². The summed E-state index contributed by atoms with van der Waals surface area (Å²) >= 11 is 0. The third kappa shape index (κ3) is 5.72. The molecule has 5 nitrogen and oxygen atoms in total. The molecule has 1 fully saturated rings. The lowest BCUT2D eigenvalue weighted by Crippen LogP contribution is -2.33. The van der Waals surface area contributed by atoms with E-state index in [0.717, 1.165) is 12.1 Å². The van der Waals surface area contributed by atoms with Gasteiger partial charge in [0, 0.05) is 39.3 Å². The highest BCUT2D eigenvalue weighted by Gasteiger charge is 2.35. The number of halogens is 3. The third-order valence-electron chi connectivity index (χ3n) is 4.18. The van der Waals surface area contributed by atoms with E-state index >= 15 is 0 Å². The molecule has 0 spiro atoms. The van der Waals surface area contributed by atoms with Crippen LogP contribution in [-0.4, -0.2) is 43.0 Å². The van der Waals surface area contributed by atoms with Gasteiger partial charge < -0.3 is 15.0 Å². The van der Waals surface area contributed by atoms with Gasteiger partial charge in [-0.25, -0.2) is 0 Å².